The third kappa shape index (κ3) is 4.51. The summed E-state index contributed by atoms with van der Waals surface area (Å²) in [6, 6.07) is 5.31. The van der Waals surface area contributed by atoms with Crippen molar-refractivity contribution in [1.29, 1.82) is 0 Å². The fraction of sp³-hybridized carbons (Fsp3) is 0.346. The van der Waals surface area contributed by atoms with Gasteiger partial charge in [0.25, 0.3) is 5.76 Å². The highest BCUT2D eigenvalue weighted by Crippen LogP contribution is 2.53. The first-order valence-corrected chi connectivity index (χ1v) is 11.9. The summed E-state index contributed by atoms with van der Waals surface area (Å²) in [5.74, 6) is -2.23. The fourth-order valence-corrected chi connectivity index (χ4v) is 4.69. The van der Waals surface area contributed by atoms with Gasteiger partial charge < -0.3 is 69.0 Å². The van der Waals surface area contributed by atoms with Crippen LogP contribution < -0.4 is 18.9 Å². The SMILES string of the molecule is COc1cc(C2Oc3cc(O)cc4c3C(=C2OC2OC(CO)C(O)C(O)C2O)C=C(C(O)=[OH+])O4)cc(OC)c1O. The van der Waals surface area contributed by atoms with Crippen molar-refractivity contribution in [1.82, 2.24) is 0 Å². The minimum Gasteiger partial charge on any atom is -0.508 e. The fourth-order valence-electron chi connectivity index (χ4n) is 4.69. The zero-order valence-corrected chi connectivity index (χ0v) is 21.1. The van der Waals surface area contributed by atoms with E-state index >= 15 is 0 Å². The number of hydrogen-bond acceptors (Lipinski definition) is 12. The smallest absolute Gasteiger partial charge is 0.508 e. The Morgan fingerprint density at radius 1 is 0.950 bits per heavy atom. The number of hydrogen-bond donors (Lipinski definition) is 7. The maximum atomic E-state index is 10.7. The van der Waals surface area contributed by atoms with Gasteiger partial charge in [-0.05, 0) is 12.1 Å². The number of aliphatic hydroxyl groups excluding tert-OH is 5. The van der Waals surface area contributed by atoms with Crippen molar-refractivity contribution >= 4 is 11.5 Å². The van der Waals surface area contributed by atoms with Crippen molar-refractivity contribution in [3.8, 4) is 34.5 Å². The quantitative estimate of drug-likeness (QED) is 0.223. The maximum absolute atomic E-state index is 10.7. The third-order valence-corrected chi connectivity index (χ3v) is 6.68. The van der Waals surface area contributed by atoms with E-state index in [0.29, 0.717) is 0 Å². The number of phenolic OH excluding ortho intramolecular Hbond substituents is 2. The molecule has 3 heterocycles. The van der Waals surface area contributed by atoms with Crippen molar-refractivity contribution in [2.45, 2.75) is 36.8 Å². The van der Waals surface area contributed by atoms with Crippen LogP contribution in [0.15, 0.2) is 41.9 Å². The van der Waals surface area contributed by atoms with Gasteiger partial charge in [0.05, 0.1) is 26.4 Å². The first-order chi connectivity index (χ1) is 19.1. The van der Waals surface area contributed by atoms with E-state index in [1.54, 1.807) is 0 Å². The number of benzene rings is 2. The van der Waals surface area contributed by atoms with Crippen LogP contribution in [0.4, 0.5) is 0 Å². The molecule has 0 aromatic heterocycles. The number of aromatic hydroxyl groups is 2. The van der Waals surface area contributed by atoms with Gasteiger partial charge in [0.15, 0.2) is 23.4 Å². The van der Waals surface area contributed by atoms with Crippen LogP contribution in [0.3, 0.4) is 0 Å². The minimum atomic E-state index is -1.79. The van der Waals surface area contributed by atoms with Crippen molar-refractivity contribution in [2.75, 3.05) is 20.8 Å². The first kappa shape index (κ1) is 27.4. The van der Waals surface area contributed by atoms with Crippen LogP contribution in [0.2, 0.25) is 0 Å². The highest BCUT2D eigenvalue weighted by Gasteiger charge is 2.47. The van der Waals surface area contributed by atoms with E-state index in [9.17, 15) is 40.5 Å². The number of rotatable bonds is 7. The van der Waals surface area contributed by atoms with Gasteiger partial charge in [-0.3, -0.25) is 0 Å². The molecule has 40 heavy (non-hydrogen) atoms. The van der Waals surface area contributed by atoms with Gasteiger partial charge >= 0.3 is 5.97 Å². The molecule has 8 N–H and O–H groups in total. The molecule has 2 aromatic carbocycles. The number of carboxylic acid groups (broad SMARTS) is 1. The van der Waals surface area contributed by atoms with Crippen LogP contribution in [0.1, 0.15) is 17.2 Å². The highest BCUT2D eigenvalue weighted by atomic mass is 16.7. The van der Waals surface area contributed by atoms with E-state index < -0.39 is 55.1 Å². The molecule has 6 unspecified atom stereocenters. The number of aliphatic hydroxyl groups is 4. The van der Waals surface area contributed by atoms with Gasteiger partial charge in [0.2, 0.25) is 12.0 Å². The Labute approximate surface area is 226 Å². The van der Waals surface area contributed by atoms with E-state index in [1.165, 1.54) is 44.6 Å². The van der Waals surface area contributed by atoms with Crippen LogP contribution >= 0.6 is 0 Å². The summed E-state index contributed by atoms with van der Waals surface area (Å²) in [6.07, 6.45) is -8.18. The summed E-state index contributed by atoms with van der Waals surface area (Å²) in [7, 11) is 2.63. The molecule has 214 valence electrons. The Balaban J connectivity index is 1.73. The summed E-state index contributed by atoms with van der Waals surface area (Å²) in [4.78, 5) is 9.81. The lowest BCUT2D eigenvalue weighted by atomic mass is 9.91. The molecule has 0 saturated carbocycles. The zero-order valence-electron chi connectivity index (χ0n) is 21.1. The summed E-state index contributed by atoms with van der Waals surface area (Å²) in [6.45, 7) is -0.708. The monoisotopic (exact) mass is 563 g/mol. The van der Waals surface area contributed by atoms with Crippen molar-refractivity contribution in [3.05, 3.63) is 53.0 Å². The molecule has 6 atom stereocenters. The molecular formula is C26H27O14+. The molecular weight excluding hydrogens is 536 g/mol. The van der Waals surface area contributed by atoms with Gasteiger partial charge in [0, 0.05) is 29.3 Å². The maximum Gasteiger partial charge on any atom is 0.552 e. The Morgan fingerprint density at radius 3 is 2.20 bits per heavy atom. The second-order valence-corrected chi connectivity index (χ2v) is 9.12. The summed E-state index contributed by atoms with van der Waals surface area (Å²) in [5, 5.41) is 71.4. The third-order valence-electron chi connectivity index (χ3n) is 6.68. The summed E-state index contributed by atoms with van der Waals surface area (Å²) >= 11 is 0. The number of carboxylic acids is 1. The van der Waals surface area contributed by atoms with Crippen LogP contribution in [-0.4, -0.2) is 98.0 Å². The molecule has 0 bridgehead atoms. The number of methoxy groups -OCH3 is 2. The minimum absolute atomic E-state index is 0.00193. The molecule has 2 aromatic rings. The van der Waals surface area contributed by atoms with Crippen molar-refractivity contribution in [2.24, 2.45) is 0 Å². The second kappa shape index (κ2) is 10.4. The Kier molecular flexibility index (Phi) is 7.12. The molecule has 3 aliphatic heterocycles. The predicted molar refractivity (Wildman–Crippen MR) is 133 cm³/mol. The second-order valence-electron chi connectivity index (χ2n) is 9.12. The standard InChI is InChI=1S/C26H26O14/c1-35-14-3-9(4-15(36-2)19(14)29)23-24(40-26-22(32)21(31)20(30)17(8-27)39-26)11-7-16(25(33)34)37-12-5-10(28)6-13(38-23)18(11)12/h3-7,17,20-23,26-32H,8H2,1-2H3,(H,33,34)/p+1. The molecule has 0 spiro atoms. The lowest BCUT2D eigenvalue weighted by Gasteiger charge is -2.41. The molecule has 5 rings (SSSR count). The number of allylic oxidation sites excluding steroid dienone is 2. The number of ether oxygens (including phenoxy) is 6. The Bertz CT molecular complexity index is 1370. The average Bonchev–Trinajstić information content (AvgIpc) is 2.93. The summed E-state index contributed by atoms with van der Waals surface area (Å²) in [5.41, 5.74) is 0.648. The predicted octanol–water partition coefficient (Wildman–Crippen LogP) is 0.113. The molecule has 14 nitrogen and oxygen atoms in total. The van der Waals surface area contributed by atoms with Gasteiger partial charge in [0.1, 0.15) is 41.7 Å². The van der Waals surface area contributed by atoms with Gasteiger partial charge in [-0.2, -0.15) is 0 Å². The topological polar surface area (TPSA) is 218 Å². The first-order valence-electron chi connectivity index (χ1n) is 11.9. The Hall–Kier alpha value is -4.21. The van der Waals surface area contributed by atoms with Gasteiger partial charge in [-0.15, -0.1) is 0 Å². The van der Waals surface area contributed by atoms with E-state index in [0.717, 1.165) is 0 Å². The van der Waals surface area contributed by atoms with E-state index in [4.69, 9.17) is 28.4 Å². The average molecular weight is 563 g/mol. The normalized spacial score (nSPS) is 27.1. The molecule has 3 aliphatic rings. The van der Waals surface area contributed by atoms with Gasteiger partial charge in [-0.25, -0.2) is 0 Å². The largest absolute Gasteiger partial charge is 0.552 e. The van der Waals surface area contributed by atoms with Crippen molar-refractivity contribution < 1.29 is 69.0 Å². The van der Waals surface area contributed by atoms with Crippen LogP contribution in [-0.2, 0) is 9.47 Å². The lowest BCUT2D eigenvalue weighted by molar-refractivity contribution is -0.293. The molecule has 1 fully saturated rings. The Morgan fingerprint density at radius 2 is 1.60 bits per heavy atom. The lowest BCUT2D eigenvalue weighted by Crippen LogP contribution is -2.59. The molecule has 0 amide bonds. The highest BCUT2D eigenvalue weighted by molar-refractivity contribution is 5.96. The number of phenols is 2. The molecule has 14 heteroatoms. The van der Waals surface area contributed by atoms with E-state index in [1.807, 2.05) is 0 Å². The van der Waals surface area contributed by atoms with Crippen LogP contribution in [0, 0.1) is 0 Å². The molecule has 0 radical (unpaired) electrons. The zero-order chi connectivity index (χ0) is 28.9. The molecule has 1 saturated heterocycles. The number of aliphatic carboxylic acids is 1. The van der Waals surface area contributed by atoms with Crippen molar-refractivity contribution in [3.63, 3.8) is 0 Å². The van der Waals surface area contributed by atoms with E-state index in [2.05, 4.69) is 0 Å². The van der Waals surface area contributed by atoms with Crippen LogP contribution in [0.25, 0.3) is 5.57 Å². The summed E-state index contributed by atoms with van der Waals surface area (Å²) < 4.78 is 33.8. The molecule has 0 aliphatic carbocycles. The van der Waals surface area contributed by atoms with Crippen LogP contribution in [0.5, 0.6) is 34.5 Å². The van der Waals surface area contributed by atoms with E-state index in [-0.39, 0.29) is 57.0 Å². The van der Waals surface area contributed by atoms with Gasteiger partial charge in [-0.1, -0.05) is 0 Å².